The molecule has 2 aliphatic rings. The lowest BCUT2D eigenvalue weighted by atomic mass is 9.98. The Morgan fingerprint density at radius 3 is 3.06 bits per heavy atom. The van der Waals surface area contributed by atoms with E-state index in [0.717, 1.165) is 13.0 Å². The van der Waals surface area contributed by atoms with Crippen molar-refractivity contribution in [3.63, 3.8) is 0 Å². The van der Waals surface area contributed by atoms with Gasteiger partial charge in [0.15, 0.2) is 0 Å². The zero-order chi connectivity index (χ0) is 11.0. The molecule has 0 spiro atoms. The summed E-state index contributed by atoms with van der Waals surface area (Å²) < 4.78 is 5.71. The van der Waals surface area contributed by atoms with E-state index in [1.54, 1.807) is 0 Å². The highest BCUT2D eigenvalue weighted by atomic mass is 32.1. The van der Waals surface area contributed by atoms with Crippen LogP contribution in [0.4, 0.5) is 0 Å². The standard InChI is InChI=1S/C12H18N2OS/c1-13-8-4-2-6-10-11(8)14-12(16-10)9-5-3-7-15-9/h8-9,13H,2-7H2,1H3. The molecule has 1 aromatic rings. The maximum atomic E-state index is 5.71. The average Bonchev–Trinajstić information content (AvgIpc) is 2.96. The molecule has 2 unspecified atom stereocenters. The zero-order valence-electron chi connectivity index (χ0n) is 9.66. The molecule has 2 heterocycles. The summed E-state index contributed by atoms with van der Waals surface area (Å²) in [4.78, 5) is 6.30. The number of hydrogen-bond acceptors (Lipinski definition) is 4. The van der Waals surface area contributed by atoms with Crippen LogP contribution in [0, 0.1) is 0 Å². The molecule has 0 amide bonds. The molecule has 88 valence electrons. The molecule has 2 atom stereocenters. The molecule has 0 radical (unpaired) electrons. The molecule has 0 saturated carbocycles. The number of hydrogen-bond donors (Lipinski definition) is 1. The molecule has 1 aliphatic heterocycles. The number of ether oxygens (including phenoxy) is 1. The monoisotopic (exact) mass is 238 g/mol. The van der Waals surface area contributed by atoms with Crippen LogP contribution in [0.1, 0.15) is 53.4 Å². The quantitative estimate of drug-likeness (QED) is 0.860. The van der Waals surface area contributed by atoms with Crippen molar-refractivity contribution in [2.45, 2.75) is 44.2 Å². The van der Waals surface area contributed by atoms with Crippen LogP contribution >= 0.6 is 11.3 Å². The second-order valence-corrected chi connectivity index (χ2v) is 5.71. The Kier molecular flexibility index (Phi) is 2.96. The van der Waals surface area contributed by atoms with Crippen LogP contribution in [-0.4, -0.2) is 18.6 Å². The maximum Gasteiger partial charge on any atom is 0.122 e. The highest BCUT2D eigenvalue weighted by Gasteiger charge is 2.27. The highest BCUT2D eigenvalue weighted by molar-refractivity contribution is 7.11. The molecule has 0 bridgehead atoms. The molecular weight excluding hydrogens is 220 g/mol. The number of nitrogens with zero attached hydrogens (tertiary/aromatic N) is 1. The van der Waals surface area contributed by atoms with E-state index in [-0.39, 0.29) is 6.10 Å². The number of rotatable bonds is 2. The maximum absolute atomic E-state index is 5.71. The Morgan fingerprint density at radius 2 is 2.31 bits per heavy atom. The van der Waals surface area contributed by atoms with E-state index in [9.17, 15) is 0 Å². The molecule has 3 rings (SSSR count). The fourth-order valence-electron chi connectivity index (χ4n) is 2.63. The Balaban J connectivity index is 1.89. The van der Waals surface area contributed by atoms with Gasteiger partial charge < -0.3 is 10.1 Å². The molecule has 1 fully saturated rings. The van der Waals surface area contributed by atoms with Gasteiger partial charge in [0.25, 0.3) is 0 Å². The minimum Gasteiger partial charge on any atom is -0.371 e. The van der Waals surface area contributed by atoms with Gasteiger partial charge in [-0.2, -0.15) is 0 Å². The molecule has 16 heavy (non-hydrogen) atoms. The summed E-state index contributed by atoms with van der Waals surface area (Å²) in [5.74, 6) is 0. The van der Waals surface area contributed by atoms with Crippen molar-refractivity contribution in [2.24, 2.45) is 0 Å². The van der Waals surface area contributed by atoms with E-state index in [1.807, 2.05) is 18.4 Å². The molecular formula is C12H18N2OS. The summed E-state index contributed by atoms with van der Waals surface area (Å²) in [6.07, 6.45) is 6.33. The number of fused-ring (bicyclic) bond motifs is 1. The first kappa shape index (κ1) is 10.7. The van der Waals surface area contributed by atoms with Crippen LogP contribution < -0.4 is 5.32 Å². The highest BCUT2D eigenvalue weighted by Crippen LogP contribution is 2.38. The van der Waals surface area contributed by atoms with E-state index < -0.39 is 0 Å². The Morgan fingerprint density at radius 1 is 1.38 bits per heavy atom. The lowest BCUT2D eigenvalue weighted by molar-refractivity contribution is 0.111. The van der Waals surface area contributed by atoms with Gasteiger partial charge in [0.2, 0.25) is 0 Å². The van der Waals surface area contributed by atoms with Gasteiger partial charge in [-0.1, -0.05) is 0 Å². The number of aromatic nitrogens is 1. The minimum absolute atomic E-state index is 0.285. The van der Waals surface area contributed by atoms with Crippen molar-refractivity contribution in [3.8, 4) is 0 Å². The summed E-state index contributed by atoms with van der Waals surface area (Å²) >= 11 is 1.88. The second-order valence-electron chi connectivity index (χ2n) is 4.60. The summed E-state index contributed by atoms with van der Waals surface area (Å²) in [6.45, 7) is 0.907. The molecule has 1 saturated heterocycles. The number of nitrogens with one attached hydrogen (secondary N) is 1. The third kappa shape index (κ3) is 1.79. The second kappa shape index (κ2) is 4.43. The Labute approximate surface area is 100 Å². The predicted molar refractivity (Wildman–Crippen MR) is 64.8 cm³/mol. The normalized spacial score (nSPS) is 29.3. The Bertz CT molecular complexity index is 371. The molecule has 1 N–H and O–H groups in total. The van der Waals surface area contributed by atoms with Gasteiger partial charge in [0, 0.05) is 11.5 Å². The van der Waals surface area contributed by atoms with Gasteiger partial charge in [0.1, 0.15) is 11.1 Å². The van der Waals surface area contributed by atoms with E-state index >= 15 is 0 Å². The lowest BCUT2D eigenvalue weighted by Gasteiger charge is -2.19. The summed E-state index contributed by atoms with van der Waals surface area (Å²) in [5, 5.41) is 4.58. The van der Waals surface area contributed by atoms with Gasteiger partial charge in [0.05, 0.1) is 11.7 Å². The van der Waals surface area contributed by atoms with Crippen molar-refractivity contribution in [1.82, 2.24) is 10.3 Å². The van der Waals surface area contributed by atoms with Crippen LogP contribution in [-0.2, 0) is 11.2 Å². The minimum atomic E-state index is 0.285. The first-order chi connectivity index (χ1) is 7.88. The fraction of sp³-hybridized carbons (Fsp3) is 0.750. The van der Waals surface area contributed by atoms with Gasteiger partial charge in [-0.25, -0.2) is 4.98 Å². The van der Waals surface area contributed by atoms with E-state index in [0.29, 0.717) is 6.04 Å². The summed E-state index contributed by atoms with van der Waals surface area (Å²) in [5.41, 5.74) is 1.30. The first-order valence-corrected chi connectivity index (χ1v) is 6.98. The van der Waals surface area contributed by atoms with E-state index in [4.69, 9.17) is 9.72 Å². The van der Waals surface area contributed by atoms with Crippen molar-refractivity contribution in [3.05, 3.63) is 15.6 Å². The van der Waals surface area contributed by atoms with Gasteiger partial charge in [-0.3, -0.25) is 0 Å². The van der Waals surface area contributed by atoms with Crippen LogP contribution in [0.15, 0.2) is 0 Å². The van der Waals surface area contributed by atoms with E-state index in [2.05, 4.69) is 5.32 Å². The van der Waals surface area contributed by atoms with E-state index in [1.165, 1.54) is 41.3 Å². The van der Waals surface area contributed by atoms with Crippen molar-refractivity contribution in [2.75, 3.05) is 13.7 Å². The molecule has 1 aromatic heterocycles. The number of thiazole rings is 1. The summed E-state index contributed by atoms with van der Waals surface area (Å²) in [7, 11) is 2.03. The third-order valence-electron chi connectivity index (χ3n) is 3.52. The molecule has 3 nitrogen and oxygen atoms in total. The molecule has 4 heteroatoms. The van der Waals surface area contributed by atoms with Crippen LogP contribution in [0.25, 0.3) is 0 Å². The van der Waals surface area contributed by atoms with Crippen LogP contribution in [0.5, 0.6) is 0 Å². The third-order valence-corrected chi connectivity index (χ3v) is 4.75. The SMILES string of the molecule is CNC1CCCc2sc(C3CCCO3)nc21. The zero-order valence-corrected chi connectivity index (χ0v) is 10.5. The Hall–Kier alpha value is -0.450. The molecule has 0 aromatic carbocycles. The predicted octanol–water partition coefficient (Wildman–Crippen LogP) is 2.59. The summed E-state index contributed by atoms with van der Waals surface area (Å²) in [6, 6.07) is 0.468. The smallest absolute Gasteiger partial charge is 0.122 e. The van der Waals surface area contributed by atoms with Crippen LogP contribution in [0.2, 0.25) is 0 Å². The number of aryl methyl sites for hydroxylation is 1. The lowest BCUT2D eigenvalue weighted by Crippen LogP contribution is -2.21. The van der Waals surface area contributed by atoms with Gasteiger partial charge in [-0.15, -0.1) is 11.3 Å². The van der Waals surface area contributed by atoms with Crippen molar-refractivity contribution < 1.29 is 4.74 Å². The molecule has 1 aliphatic carbocycles. The first-order valence-electron chi connectivity index (χ1n) is 6.17. The van der Waals surface area contributed by atoms with Crippen molar-refractivity contribution >= 4 is 11.3 Å². The topological polar surface area (TPSA) is 34.1 Å². The van der Waals surface area contributed by atoms with Crippen molar-refractivity contribution in [1.29, 1.82) is 0 Å². The van der Waals surface area contributed by atoms with Gasteiger partial charge in [-0.05, 0) is 39.2 Å². The van der Waals surface area contributed by atoms with Gasteiger partial charge >= 0.3 is 0 Å². The largest absolute Gasteiger partial charge is 0.371 e. The van der Waals surface area contributed by atoms with Crippen LogP contribution in [0.3, 0.4) is 0 Å². The fourth-order valence-corrected chi connectivity index (χ4v) is 3.88. The average molecular weight is 238 g/mol.